The van der Waals surface area contributed by atoms with Gasteiger partial charge in [-0.25, -0.2) is 9.97 Å². The first kappa shape index (κ1) is 24.0. The fourth-order valence-corrected chi connectivity index (χ4v) is 3.72. The molecule has 0 aliphatic heterocycles. The van der Waals surface area contributed by atoms with Crippen LogP contribution in [0.2, 0.25) is 10.0 Å². The van der Waals surface area contributed by atoms with Gasteiger partial charge in [-0.15, -0.1) is 0 Å². The van der Waals surface area contributed by atoms with Crippen molar-refractivity contribution >= 4 is 34.9 Å². The van der Waals surface area contributed by atoms with Gasteiger partial charge in [0.2, 0.25) is 0 Å². The van der Waals surface area contributed by atoms with Crippen molar-refractivity contribution in [3.05, 3.63) is 87.3 Å². The van der Waals surface area contributed by atoms with Gasteiger partial charge in [0, 0.05) is 26.3 Å². The van der Waals surface area contributed by atoms with Crippen LogP contribution in [0, 0.1) is 0 Å². The van der Waals surface area contributed by atoms with Gasteiger partial charge in [0.15, 0.2) is 0 Å². The summed E-state index contributed by atoms with van der Waals surface area (Å²) >= 11 is 12.2. The first-order chi connectivity index (χ1) is 15.2. The lowest BCUT2D eigenvalue weighted by molar-refractivity contribution is 0.0745. The van der Waals surface area contributed by atoms with Gasteiger partial charge in [-0.1, -0.05) is 74.3 Å². The maximum Gasteiger partial charge on any atom is 0.259 e. The fourth-order valence-electron chi connectivity index (χ4n) is 3.40. The van der Waals surface area contributed by atoms with Crippen LogP contribution in [0.5, 0.6) is 0 Å². The summed E-state index contributed by atoms with van der Waals surface area (Å²) in [4.78, 5) is 23.5. The van der Waals surface area contributed by atoms with Gasteiger partial charge in [0.25, 0.3) is 5.91 Å². The van der Waals surface area contributed by atoms with Gasteiger partial charge >= 0.3 is 0 Å². The van der Waals surface area contributed by atoms with E-state index in [0.29, 0.717) is 40.9 Å². The topological polar surface area (TPSA) is 58.1 Å². The molecule has 1 N–H and O–H groups in total. The molecule has 0 radical (unpaired) electrons. The van der Waals surface area contributed by atoms with Crippen molar-refractivity contribution in [2.75, 3.05) is 18.9 Å². The van der Waals surface area contributed by atoms with Crippen molar-refractivity contribution in [1.29, 1.82) is 0 Å². The SMILES string of the molecule is CNc1ncncc1C(=O)N(CCc1ccc(Cl)c(Cl)c1)Cc1ccc(C(C)(C)C)cc1. The molecule has 1 amide bonds. The van der Waals surface area contributed by atoms with Crippen LogP contribution in [-0.2, 0) is 18.4 Å². The predicted octanol–water partition coefficient (Wildman–Crippen LogP) is 6.01. The lowest BCUT2D eigenvalue weighted by Crippen LogP contribution is -2.33. The summed E-state index contributed by atoms with van der Waals surface area (Å²) in [6, 6.07) is 14.0. The molecule has 3 rings (SSSR count). The molecule has 0 aliphatic rings. The van der Waals surface area contributed by atoms with Crippen molar-refractivity contribution in [2.45, 2.75) is 39.2 Å². The second-order valence-corrected chi connectivity index (χ2v) is 9.52. The smallest absolute Gasteiger partial charge is 0.259 e. The minimum absolute atomic E-state index is 0.0744. The molecule has 5 nitrogen and oxygen atoms in total. The summed E-state index contributed by atoms with van der Waals surface area (Å²) in [5.74, 6) is 0.377. The Kier molecular flexibility index (Phi) is 7.75. The Bertz CT molecular complexity index is 1080. The van der Waals surface area contributed by atoms with Crippen molar-refractivity contribution in [1.82, 2.24) is 14.9 Å². The maximum atomic E-state index is 13.5. The maximum absolute atomic E-state index is 13.5. The molecule has 0 aliphatic carbocycles. The molecule has 0 atom stereocenters. The van der Waals surface area contributed by atoms with E-state index in [4.69, 9.17) is 23.2 Å². The van der Waals surface area contributed by atoms with E-state index in [-0.39, 0.29) is 11.3 Å². The van der Waals surface area contributed by atoms with Crippen LogP contribution in [0.3, 0.4) is 0 Å². The number of nitrogens with zero attached hydrogens (tertiary/aromatic N) is 3. The third-order valence-electron chi connectivity index (χ3n) is 5.31. The van der Waals surface area contributed by atoms with Crippen LogP contribution in [-0.4, -0.2) is 34.4 Å². The van der Waals surface area contributed by atoms with Crippen molar-refractivity contribution < 1.29 is 4.79 Å². The summed E-state index contributed by atoms with van der Waals surface area (Å²) in [7, 11) is 1.74. The highest BCUT2D eigenvalue weighted by Gasteiger charge is 2.21. The van der Waals surface area contributed by atoms with Crippen LogP contribution in [0.25, 0.3) is 0 Å². The van der Waals surface area contributed by atoms with Crippen LogP contribution < -0.4 is 5.32 Å². The molecule has 1 heterocycles. The molecular weight excluding hydrogens is 443 g/mol. The van der Waals surface area contributed by atoms with Gasteiger partial charge in [-0.3, -0.25) is 4.79 Å². The van der Waals surface area contributed by atoms with Gasteiger partial charge in [-0.05, 0) is 40.7 Å². The van der Waals surface area contributed by atoms with E-state index in [1.807, 2.05) is 17.0 Å². The zero-order chi connectivity index (χ0) is 23.3. The molecular formula is C25H28Cl2N4O. The number of amides is 1. The molecule has 1 aromatic heterocycles. The Morgan fingerprint density at radius 2 is 1.72 bits per heavy atom. The Morgan fingerprint density at radius 1 is 1.03 bits per heavy atom. The van der Waals surface area contributed by atoms with Crippen molar-refractivity contribution in [2.24, 2.45) is 0 Å². The first-order valence-corrected chi connectivity index (χ1v) is 11.2. The second kappa shape index (κ2) is 10.3. The van der Waals surface area contributed by atoms with E-state index in [1.54, 1.807) is 19.3 Å². The molecule has 7 heteroatoms. The highest BCUT2D eigenvalue weighted by molar-refractivity contribution is 6.42. The quantitative estimate of drug-likeness (QED) is 0.459. The number of nitrogens with one attached hydrogen (secondary N) is 1. The number of hydrogen-bond donors (Lipinski definition) is 1. The standard InChI is InChI=1S/C25H28Cl2N4O/c1-25(2,3)19-8-5-18(6-9-19)15-31(12-11-17-7-10-21(26)22(27)13-17)24(32)20-14-29-16-30-23(20)28-4/h5-10,13-14,16H,11-12,15H2,1-4H3,(H,28,29,30). The summed E-state index contributed by atoms with van der Waals surface area (Å²) in [5.41, 5.74) is 3.84. The Hall–Kier alpha value is -2.63. The minimum atomic E-state index is -0.130. The Labute approximate surface area is 199 Å². The number of benzene rings is 2. The zero-order valence-corrected chi connectivity index (χ0v) is 20.3. The molecule has 0 fully saturated rings. The van der Waals surface area contributed by atoms with Crippen LogP contribution in [0.15, 0.2) is 55.0 Å². The summed E-state index contributed by atoms with van der Waals surface area (Å²) in [6.07, 6.45) is 3.62. The second-order valence-electron chi connectivity index (χ2n) is 8.71. The van der Waals surface area contributed by atoms with Crippen molar-refractivity contribution in [3.63, 3.8) is 0 Å². The van der Waals surface area contributed by atoms with Crippen LogP contribution >= 0.6 is 23.2 Å². The Balaban J connectivity index is 1.86. The molecule has 3 aromatic rings. The van der Waals surface area contributed by atoms with E-state index < -0.39 is 0 Å². The number of carbonyl (C=O) groups is 1. The lowest BCUT2D eigenvalue weighted by Gasteiger charge is -2.25. The van der Waals surface area contributed by atoms with E-state index in [0.717, 1.165) is 11.1 Å². The van der Waals surface area contributed by atoms with Gasteiger partial charge < -0.3 is 10.2 Å². The fraction of sp³-hybridized carbons (Fsp3) is 0.320. The van der Waals surface area contributed by atoms with Crippen molar-refractivity contribution in [3.8, 4) is 0 Å². The molecule has 0 unspecified atom stereocenters. The molecule has 2 aromatic carbocycles. The van der Waals surface area contributed by atoms with Gasteiger partial charge in [-0.2, -0.15) is 0 Å². The number of rotatable bonds is 7. The molecule has 0 saturated heterocycles. The minimum Gasteiger partial charge on any atom is -0.372 e. The average Bonchev–Trinajstić information content (AvgIpc) is 2.78. The monoisotopic (exact) mass is 470 g/mol. The molecule has 32 heavy (non-hydrogen) atoms. The van der Waals surface area contributed by atoms with Gasteiger partial charge in [0.1, 0.15) is 17.7 Å². The lowest BCUT2D eigenvalue weighted by atomic mass is 9.87. The molecule has 0 saturated carbocycles. The third kappa shape index (κ3) is 5.99. The number of hydrogen-bond acceptors (Lipinski definition) is 4. The van der Waals surface area contributed by atoms with Gasteiger partial charge in [0.05, 0.1) is 10.0 Å². The largest absolute Gasteiger partial charge is 0.372 e. The summed E-state index contributed by atoms with van der Waals surface area (Å²) < 4.78 is 0. The molecule has 0 spiro atoms. The van der Waals surface area contributed by atoms with E-state index in [2.05, 4.69) is 60.3 Å². The van der Waals surface area contributed by atoms with E-state index in [9.17, 15) is 4.79 Å². The molecule has 168 valence electrons. The normalized spacial score (nSPS) is 11.3. The number of halogens is 2. The summed E-state index contributed by atoms with van der Waals surface area (Å²) in [5, 5.41) is 4.00. The highest BCUT2D eigenvalue weighted by Crippen LogP contribution is 2.25. The van der Waals surface area contributed by atoms with Crippen LogP contribution in [0.1, 0.15) is 47.8 Å². The average molecular weight is 471 g/mol. The molecule has 0 bridgehead atoms. The Morgan fingerprint density at radius 3 is 2.34 bits per heavy atom. The third-order valence-corrected chi connectivity index (χ3v) is 6.05. The highest BCUT2D eigenvalue weighted by atomic mass is 35.5. The first-order valence-electron chi connectivity index (χ1n) is 10.5. The number of carbonyl (C=O) groups excluding carboxylic acids is 1. The van der Waals surface area contributed by atoms with E-state index >= 15 is 0 Å². The number of anilines is 1. The zero-order valence-electron chi connectivity index (χ0n) is 18.8. The predicted molar refractivity (Wildman–Crippen MR) is 132 cm³/mol. The van der Waals surface area contributed by atoms with E-state index in [1.165, 1.54) is 11.9 Å². The van der Waals surface area contributed by atoms with Crippen LogP contribution in [0.4, 0.5) is 5.82 Å². The number of aromatic nitrogens is 2. The summed E-state index contributed by atoms with van der Waals surface area (Å²) in [6.45, 7) is 7.54.